The molecule has 0 radical (unpaired) electrons. The summed E-state index contributed by atoms with van der Waals surface area (Å²) in [5.74, 6) is -0.714. The quantitative estimate of drug-likeness (QED) is 0.321. The smallest absolute Gasteiger partial charge is 0.332 e. The van der Waals surface area contributed by atoms with Gasteiger partial charge in [0.2, 0.25) is 0 Å². The predicted molar refractivity (Wildman–Crippen MR) is 109 cm³/mol. The molecule has 3 nitrogen and oxygen atoms in total. The first-order valence-electron chi connectivity index (χ1n) is 8.45. The summed E-state index contributed by atoms with van der Waals surface area (Å²) in [7, 11) is 0. The molecule has 0 bridgehead atoms. The fourth-order valence-electron chi connectivity index (χ4n) is 2.83. The van der Waals surface area contributed by atoms with Crippen molar-refractivity contribution in [1.29, 1.82) is 0 Å². The van der Waals surface area contributed by atoms with Crippen molar-refractivity contribution in [1.82, 2.24) is 5.32 Å². The van der Waals surface area contributed by atoms with Crippen molar-refractivity contribution in [2.24, 2.45) is 0 Å². The first kappa shape index (κ1) is 22.8. The number of carbonyl (C=O) groups is 1. The molecular weight excluding hydrogens is 466 g/mol. The van der Waals surface area contributed by atoms with Gasteiger partial charge in [0.1, 0.15) is 0 Å². The standard InChI is InChI=1S/C20H11ClF6N2OS/c21-16-6-2-3-13-14(16)4-1-5-15(13)17(30)29-18(31)28-12-8-10(19(22,23)24)7-11(9-12)20(25,26)27/h1-9H,(H2,28,29,30,31). The second-order valence-electron chi connectivity index (χ2n) is 6.34. The van der Waals surface area contributed by atoms with E-state index >= 15 is 0 Å². The molecule has 0 unspecified atom stereocenters. The molecule has 31 heavy (non-hydrogen) atoms. The van der Waals surface area contributed by atoms with Crippen molar-refractivity contribution in [3.8, 4) is 0 Å². The summed E-state index contributed by atoms with van der Waals surface area (Å²) >= 11 is 11.0. The summed E-state index contributed by atoms with van der Waals surface area (Å²) in [4.78, 5) is 12.6. The van der Waals surface area contributed by atoms with E-state index in [1.165, 1.54) is 6.07 Å². The van der Waals surface area contributed by atoms with E-state index < -0.39 is 40.2 Å². The fourth-order valence-corrected chi connectivity index (χ4v) is 3.28. The molecule has 2 N–H and O–H groups in total. The van der Waals surface area contributed by atoms with Gasteiger partial charge in [-0.25, -0.2) is 0 Å². The maximum Gasteiger partial charge on any atom is 0.416 e. The molecule has 0 saturated heterocycles. The molecule has 0 aliphatic rings. The van der Waals surface area contributed by atoms with Gasteiger partial charge in [-0.15, -0.1) is 0 Å². The van der Waals surface area contributed by atoms with E-state index in [-0.39, 0.29) is 11.6 Å². The highest BCUT2D eigenvalue weighted by molar-refractivity contribution is 7.80. The largest absolute Gasteiger partial charge is 0.416 e. The van der Waals surface area contributed by atoms with Crippen LogP contribution in [0.3, 0.4) is 0 Å². The first-order chi connectivity index (χ1) is 14.4. The van der Waals surface area contributed by atoms with Crippen LogP contribution in [0.4, 0.5) is 32.0 Å². The number of halogens is 7. The number of anilines is 1. The van der Waals surface area contributed by atoms with Crippen molar-refractivity contribution >= 4 is 51.3 Å². The van der Waals surface area contributed by atoms with Crippen LogP contribution in [0.25, 0.3) is 10.8 Å². The van der Waals surface area contributed by atoms with E-state index in [1.807, 2.05) is 0 Å². The van der Waals surface area contributed by atoms with E-state index in [0.29, 0.717) is 27.9 Å². The van der Waals surface area contributed by atoms with E-state index in [0.717, 1.165) is 0 Å². The summed E-state index contributed by atoms with van der Waals surface area (Å²) in [6.45, 7) is 0. The van der Waals surface area contributed by atoms with Crippen molar-refractivity contribution < 1.29 is 31.1 Å². The minimum Gasteiger partial charge on any atom is -0.332 e. The van der Waals surface area contributed by atoms with Crippen LogP contribution in [-0.4, -0.2) is 11.0 Å². The Hall–Kier alpha value is -2.85. The van der Waals surface area contributed by atoms with Gasteiger partial charge in [-0.2, -0.15) is 26.3 Å². The lowest BCUT2D eigenvalue weighted by Crippen LogP contribution is -2.34. The topological polar surface area (TPSA) is 41.1 Å². The van der Waals surface area contributed by atoms with Gasteiger partial charge in [-0.05, 0) is 47.9 Å². The number of hydrogen-bond acceptors (Lipinski definition) is 2. The molecular formula is C20H11ClF6N2OS. The number of amides is 1. The number of alkyl halides is 6. The Morgan fingerprint density at radius 2 is 1.39 bits per heavy atom. The fraction of sp³-hybridized carbons (Fsp3) is 0.100. The van der Waals surface area contributed by atoms with Crippen LogP contribution in [0.2, 0.25) is 5.02 Å². The van der Waals surface area contributed by atoms with Crippen molar-refractivity contribution in [2.45, 2.75) is 12.4 Å². The average molecular weight is 477 g/mol. The Bertz CT molecular complexity index is 1140. The molecule has 0 spiro atoms. The zero-order chi connectivity index (χ0) is 23.0. The van der Waals surface area contributed by atoms with Gasteiger partial charge < -0.3 is 5.32 Å². The Morgan fingerprint density at radius 3 is 1.97 bits per heavy atom. The van der Waals surface area contributed by atoms with Gasteiger partial charge in [0.05, 0.1) is 11.1 Å². The van der Waals surface area contributed by atoms with Crippen LogP contribution in [0, 0.1) is 0 Å². The van der Waals surface area contributed by atoms with Crippen molar-refractivity contribution in [2.75, 3.05) is 5.32 Å². The molecule has 0 atom stereocenters. The Balaban J connectivity index is 1.86. The second kappa shape index (κ2) is 8.35. The number of rotatable bonds is 2. The number of carbonyl (C=O) groups excluding carboxylic acids is 1. The number of hydrogen-bond donors (Lipinski definition) is 2. The van der Waals surface area contributed by atoms with E-state index in [9.17, 15) is 31.1 Å². The molecule has 3 aromatic rings. The van der Waals surface area contributed by atoms with Gasteiger partial charge in [0.15, 0.2) is 5.11 Å². The third kappa shape index (κ3) is 5.26. The third-order valence-corrected chi connectivity index (χ3v) is 4.72. The third-order valence-electron chi connectivity index (χ3n) is 4.19. The summed E-state index contributed by atoms with van der Waals surface area (Å²) in [5, 5.41) is 5.45. The van der Waals surface area contributed by atoms with Crippen molar-refractivity contribution in [3.05, 3.63) is 76.3 Å². The lowest BCUT2D eigenvalue weighted by molar-refractivity contribution is -0.143. The maximum absolute atomic E-state index is 13.0. The zero-order valence-electron chi connectivity index (χ0n) is 15.2. The molecule has 0 fully saturated rings. The zero-order valence-corrected chi connectivity index (χ0v) is 16.7. The Morgan fingerprint density at radius 1 is 0.839 bits per heavy atom. The number of benzene rings is 3. The first-order valence-corrected chi connectivity index (χ1v) is 9.24. The summed E-state index contributed by atoms with van der Waals surface area (Å²) < 4.78 is 77.9. The molecule has 0 aromatic heterocycles. The van der Waals surface area contributed by atoms with Gasteiger partial charge in [-0.3, -0.25) is 10.1 Å². The lowest BCUT2D eigenvalue weighted by atomic mass is 10.0. The van der Waals surface area contributed by atoms with Crippen molar-refractivity contribution in [3.63, 3.8) is 0 Å². The van der Waals surface area contributed by atoms with Crippen LogP contribution < -0.4 is 10.6 Å². The lowest BCUT2D eigenvalue weighted by Gasteiger charge is -2.16. The Labute approximate surface area is 182 Å². The molecule has 3 aromatic carbocycles. The summed E-state index contributed by atoms with van der Waals surface area (Å²) in [6, 6.07) is 10.5. The Kier molecular flexibility index (Phi) is 6.15. The molecule has 0 aliphatic heterocycles. The second-order valence-corrected chi connectivity index (χ2v) is 7.16. The molecule has 0 aliphatic carbocycles. The molecule has 0 heterocycles. The normalized spacial score (nSPS) is 12.0. The predicted octanol–water partition coefficient (Wildman–Crippen LogP) is 6.66. The maximum atomic E-state index is 13.0. The van der Waals surface area contributed by atoms with E-state index in [1.54, 1.807) is 30.3 Å². The number of thiocarbonyl (C=S) groups is 1. The SMILES string of the molecule is O=C(NC(=S)Nc1cc(C(F)(F)F)cc(C(F)(F)F)c1)c1cccc2c(Cl)cccc12. The van der Waals surface area contributed by atoms with E-state index in [4.69, 9.17) is 23.8 Å². The van der Waals surface area contributed by atoms with E-state index in [2.05, 4.69) is 10.6 Å². The van der Waals surface area contributed by atoms with Crippen LogP contribution in [0.1, 0.15) is 21.5 Å². The number of nitrogens with one attached hydrogen (secondary N) is 2. The van der Waals surface area contributed by atoms with Crippen LogP contribution in [0.15, 0.2) is 54.6 Å². The van der Waals surface area contributed by atoms with Crippen LogP contribution in [0.5, 0.6) is 0 Å². The highest BCUT2D eigenvalue weighted by Gasteiger charge is 2.37. The molecule has 162 valence electrons. The van der Waals surface area contributed by atoms with Gasteiger partial charge in [-0.1, -0.05) is 35.9 Å². The highest BCUT2D eigenvalue weighted by atomic mass is 35.5. The minimum absolute atomic E-state index is 0.00729. The summed E-state index contributed by atoms with van der Waals surface area (Å²) in [5.41, 5.74) is -3.43. The van der Waals surface area contributed by atoms with Crippen LogP contribution >= 0.6 is 23.8 Å². The van der Waals surface area contributed by atoms with Gasteiger partial charge in [0.25, 0.3) is 5.91 Å². The summed E-state index contributed by atoms with van der Waals surface area (Å²) in [6.07, 6.45) is -10.0. The number of fused-ring (bicyclic) bond motifs is 1. The molecule has 11 heteroatoms. The monoisotopic (exact) mass is 476 g/mol. The molecule has 3 rings (SSSR count). The van der Waals surface area contributed by atoms with Gasteiger partial charge >= 0.3 is 12.4 Å². The average Bonchev–Trinajstić information content (AvgIpc) is 2.66. The highest BCUT2D eigenvalue weighted by Crippen LogP contribution is 2.37. The molecule has 1 amide bonds. The molecule has 0 saturated carbocycles. The minimum atomic E-state index is -5.01. The van der Waals surface area contributed by atoms with Gasteiger partial charge in [0, 0.05) is 21.7 Å². The van der Waals surface area contributed by atoms with Crippen LogP contribution in [-0.2, 0) is 12.4 Å².